The molecule has 4 N–H and O–H groups in total. The molecule has 1 aliphatic rings. The summed E-state index contributed by atoms with van der Waals surface area (Å²) in [5.41, 5.74) is 0.795. The maximum Gasteiger partial charge on any atom is 0.320 e. The molecule has 1 saturated carbocycles. The third-order valence-electron chi connectivity index (χ3n) is 4.61. The molecule has 0 saturated heterocycles. The number of anilines is 3. The van der Waals surface area contributed by atoms with Gasteiger partial charge in [0, 0.05) is 30.2 Å². The Labute approximate surface area is 188 Å². The van der Waals surface area contributed by atoms with Gasteiger partial charge in [-0.1, -0.05) is 6.07 Å². The van der Waals surface area contributed by atoms with Gasteiger partial charge in [-0.15, -0.1) is 10.2 Å². The third kappa shape index (κ3) is 4.58. The number of hydrogen-bond acceptors (Lipinski definition) is 8. The van der Waals surface area contributed by atoms with Gasteiger partial charge in [0.15, 0.2) is 23.1 Å². The Morgan fingerprint density at radius 1 is 1.25 bits per heavy atom. The second-order valence-electron chi connectivity index (χ2n) is 7.07. The van der Waals surface area contributed by atoms with Gasteiger partial charge in [0.25, 0.3) is 5.91 Å². The molecule has 12 nitrogen and oxygen atoms in total. The molecule has 4 rings (SSSR count). The lowest BCUT2D eigenvalue weighted by Crippen LogP contribution is -2.31. The van der Waals surface area contributed by atoms with Gasteiger partial charge in [-0.05, 0) is 25.0 Å². The number of carbonyl (C=O) groups excluding carboxylic acids is 2. The number of aryl methyl sites for hydroxylation is 1. The monoisotopic (exact) mass is 440 g/mol. The van der Waals surface area contributed by atoms with Crippen LogP contribution >= 0.6 is 0 Å². The van der Waals surface area contributed by atoms with E-state index in [1.54, 1.807) is 36.3 Å². The van der Waals surface area contributed by atoms with Crippen molar-refractivity contribution in [1.82, 2.24) is 35.6 Å². The second-order valence-corrected chi connectivity index (χ2v) is 7.07. The lowest BCUT2D eigenvalue weighted by molar-refractivity contribution is 0.0958. The van der Waals surface area contributed by atoms with Crippen LogP contribution in [-0.4, -0.2) is 57.0 Å². The first-order valence-electron chi connectivity index (χ1n) is 11.2. The predicted octanol–water partition coefficient (Wildman–Crippen LogP) is 1.67. The fourth-order valence-corrected chi connectivity index (χ4v) is 2.98. The molecule has 0 aliphatic heterocycles. The summed E-state index contributed by atoms with van der Waals surface area (Å²) in [6.45, 7) is -2.74. The van der Waals surface area contributed by atoms with Crippen LogP contribution in [0.2, 0.25) is 0 Å². The highest BCUT2D eigenvalue weighted by atomic mass is 16.5. The fraction of sp³-hybridized carbons (Fsp3) is 0.300. The highest BCUT2D eigenvalue weighted by Gasteiger charge is 2.24. The van der Waals surface area contributed by atoms with Gasteiger partial charge in [0.1, 0.15) is 6.33 Å². The molecule has 0 atom stereocenters. The number of nitrogens with zero attached hydrogens (tertiary/aromatic N) is 5. The van der Waals surface area contributed by atoms with E-state index in [1.165, 1.54) is 13.2 Å². The summed E-state index contributed by atoms with van der Waals surface area (Å²) < 4.78 is 29.1. The van der Waals surface area contributed by atoms with Gasteiger partial charge in [-0.25, -0.2) is 9.78 Å². The van der Waals surface area contributed by atoms with E-state index in [9.17, 15) is 9.59 Å². The Bertz CT molecular complexity index is 1260. The summed E-state index contributed by atoms with van der Waals surface area (Å²) in [6, 6.07) is 6.21. The van der Waals surface area contributed by atoms with Crippen LogP contribution in [-0.2, 0) is 7.05 Å². The van der Waals surface area contributed by atoms with Crippen molar-refractivity contribution in [1.29, 1.82) is 0 Å². The zero-order chi connectivity index (χ0) is 25.2. The van der Waals surface area contributed by atoms with Crippen molar-refractivity contribution in [3.8, 4) is 17.1 Å². The van der Waals surface area contributed by atoms with Crippen LogP contribution in [0.5, 0.6) is 5.75 Å². The Morgan fingerprint density at radius 2 is 2.09 bits per heavy atom. The number of ether oxygens (including phenoxy) is 1. The van der Waals surface area contributed by atoms with E-state index in [-0.39, 0.29) is 23.2 Å². The lowest BCUT2D eigenvalue weighted by atomic mass is 10.1. The first-order chi connectivity index (χ1) is 16.6. The van der Waals surface area contributed by atoms with Crippen molar-refractivity contribution in [2.24, 2.45) is 7.05 Å². The van der Waals surface area contributed by atoms with Crippen LogP contribution in [0.3, 0.4) is 0 Å². The standard InChI is InChI=1S/C20H23N9O3/c1-21-19(30)16-14(9-15(26-27-16)25-20(31)23-11-7-8-11)24-13-6-4-5-12(17(13)32-3)18-22-10-29(2)28-18/h4-6,9-11H,7-8H2,1-3H3,(H,21,30)(H3,23,24,25,26,31)/i1D3. The molecule has 166 valence electrons. The second kappa shape index (κ2) is 8.88. The maximum atomic E-state index is 12.6. The number of aromatic nitrogens is 5. The molecule has 2 heterocycles. The molecule has 1 aliphatic carbocycles. The van der Waals surface area contributed by atoms with Gasteiger partial charge in [0.05, 0.1) is 24.0 Å². The molecule has 3 amide bonds. The normalized spacial score (nSPS) is 14.5. The number of benzene rings is 1. The summed E-state index contributed by atoms with van der Waals surface area (Å²) in [4.78, 5) is 29.0. The Morgan fingerprint density at radius 3 is 2.78 bits per heavy atom. The Balaban J connectivity index is 1.70. The zero-order valence-corrected chi connectivity index (χ0v) is 17.3. The molecule has 0 unspecified atom stereocenters. The van der Waals surface area contributed by atoms with Crippen LogP contribution in [0, 0.1) is 0 Å². The fourth-order valence-electron chi connectivity index (χ4n) is 2.98. The topological polar surface area (TPSA) is 148 Å². The summed E-state index contributed by atoms with van der Waals surface area (Å²) in [7, 11) is 3.20. The predicted molar refractivity (Wildman–Crippen MR) is 117 cm³/mol. The molecule has 1 aromatic carbocycles. The quantitative estimate of drug-likeness (QED) is 0.434. The van der Waals surface area contributed by atoms with Gasteiger partial charge in [-0.3, -0.25) is 14.8 Å². The first-order valence-corrected chi connectivity index (χ1v) is 9.71. The Hall–Kier alpha value is -4.22. The summed E-state index contributed by atoms with van der Waals surface area (Å²) in [5.74, 6) is -0.132. The van der Waals surface area contributed by atoms with E-state index >= 15 is 0 Å². The maximum absolute atomic E-state index is 12.6. The van der Waals surface area contributed by atoms with Crippen LogP contribution < -0.4 is 26.0 Å². The van der Waals surface area contributed by atoms with Crippen molar-refractivity contribution in [2.45, 2.75) is 18.9 Å². The smallest absolute Gasteiger partial charge is 0.320 e. The van der Waals surface area contributed by atoms with Crippen molar-refractivity contribution in [3.05, 3.63) is 36.3 Å². The van der Waals surface area contributed by atoms with Crippen LogP contribution in [0.25, 0.3) is 11.4 Å². The number of urea groups is 1. The average Bonchev–Trinajstić information content (AvgIpc) is 3.48. The summed E-state index contributed by atoms with van der Waals surface area (Å²) in [5, 5.41) is 22.2. The molecule has 2 aromatic heterocycles. The molecule has 12 heteroatoms. The highest BCUT2D eigenvalue weighted by molar-refractivity contribution is 5.99. The molecular formula is C20H23N9O3. The van der Waals surface area contributed by atoms with Gasteiger partial charge in [0.2, 0.25) is 0 Å². The van der Waals surface area contributed by atoms with E-state index in [2.05, 4.69) is 36.2 Å². The van der Waals surface area contributed by atoms with Crippen molar-refractivity contribution < 1.29 is 18.4 Å². The van der Waals surface area contributed by atoms with Crippen molar-refractivity contribution in [3.63, 3.8) is 0 Å². The molecular weight excluding hydrogens is 414 g/mol. The average molecular weight is 440 g/mol. The number of methoxy groups -OCH3 is 1. The zero-order valence-electron chi connectivity index (χ0n) is 20.3. The van der Waals surface area contributed by atoms with Crippen molar-refractivity contribution in [2.75, 3.05) is 24.7 Å². The molecule has 0 bridgehead atoms. The number of amides is 3. The minimum Gasteiger partial charge on any atom is -0.494 e. The van der Waals surface area contributed by atoms with Gasteiger partial charge >= 0.3 is 6.03 Å². The summed E-state index contributed by atoms with van der Waals surface area (Å²) >= 11 is 0. The van der Waals surface area contributed by atoms with E-state index in [1.807, 2.05) is 5.32 Å². The molecule has 32 heavy (non-hydrogen) atoms. The molecule has 0 spiro atoms. The van der Waals surface area contributed by atoms with Gasteiger partial charge < -0.3 is 20.7 Å². The number of para-hydroxylation sites is 1. The first kappa shape index (κ1) is 17.5. The number of hydrogen-bond donors (Lipinski definition) is 4. The number of carbonyl (C=O) groups is 2. The van der Waals surface area contributed by atoms with E-state index in [4.69, 9.17) is 8.85 Å². The van der Waals surface area contributed by atoms with Crippen LogP contribution in [0.4, 0.5) is 22.0 Å². The molecule has 3 aromatic rings. The van der Waals surface area contributed by atoms with E-state index in [0.717, 1.165) is 12.8 Å². The minimum absolute atomic E-state index is 0.0533. The third-order valence-corrected chi connectivity index (χ3v) is 4.61. The van der Waals surface area contributed by atoms with Gasteiger partial charge in [-0.2, -0.15) is 5.10 Å². The largest absolute Gasteiger partial charge is 0.494 e. The molecule has 1 fully saturated rings. The lowest BCUT2D eigenvalue weighted by Gasteiger charge is -2.16. The van der Waals surface area contributed by atoms with Crippen LogP contribution in [0.15, 0.2) is 30.6 Å². The van der Waals surface area contributed by atoms with Crippen molar-refractivity contribution >= 4 is 29.1 Å². The van der Waals surface area contributed by atoms with E-state index < -0.39 is 18.9 Å². The van der Waals surface area contributed by atoms with E-state index in [0.29, 0.717) is 22.8 Å². The van der Waals surface area contributed by atoms with Crippen LogP contribution in [0.1, 0.15) is 27.4 Å². The Kier molecular flexibility index (Phi) is 4.84. The number of rotatable bonds is 7. The highest BCUT2D eigenvalue weighted by Crippen LogP contribution is 2.37. The molecule has 0 radical (unpaired) electrons. The SMILES string of the molecule is [2H]C([2H])([2H])NC(=O)c1nnc(NC(=O)NC2CC2)cc1Nc1cccc(-c2ncn(C)n2)c1OC. The number of nitrogens with one attached hydrogen (secondary N) is 4. The summed E-state index contributed by atoms with van der Waals surface area (Å²) in [6.07, 6.45) is 3.35. The minimum atomic E-state index is -2.74.